The minimum absolute atomic E-state index is 0.640. The van der Waals surface area contributed by atoms with Crippen LogP contribution in [0.25, 0.3) is 0 Å². The highest BCUT2D eigenvalue weighted by atomic mass is 16.6. The molecule has 3 rings (SSSR count). The zero-order valence-electron chi connectivity index (χ0n) is 14.2. The maximum Gasteiger partial charge on any atom is 0.161 e. The Morgan fingerprint density at radius 3 is 2.43 bits per heavy atom. The zero-order chi connectivity index (χ0) is 16.2. The second-order valence-corrected chi connectivity index (χ2v) is 6.27. The highest BCUT2D eigenvalue weighted by molar-refractivity contribution is 5.44. The topological polar surface area (TPSA) is 30.5 Å². The second kappa shape index (κ2) is 7.05. The molecule has 23 heavy (non-hydrogen) atoms. The van der Waals surface area contributed by atoms with E-state index in [1.807, 2.05) is 6.07 Å². The van der Waals surface area contributed by atoms with E-state index >= 15 is 0 Å². The van der Waals surface area contributed by atoms with Crippen LogP contribution in [0.3, 0.4) is 0 Å². The van der Waals surface area contributed by atoms with E-state index in [0.29, 0.717) is 13.2 Å². The van der Waals surface area contributed by atoms with Gasteiger partial charge in [-0.1, -0.05) is 18.2 Å². The monoisotopic (exact) mass is 311 g/mol. The summed E-state index contributed by atoms with van der Waals surface area (Å²) in [5.74, 6) is 1.73. The molecule has 1 aliphatic rings. The van der Waals surface area contributed by atoms with Gasteiger partial charge in [0.05, 0.1) is 0 Å². The predicted molar refractivity (Wildman–Crippen MR) is 93.5 cm³/mol. The van der Waals surface area contributed by atoms with E-state index in [2.05, 4.69) is 50.4 Å². The summed E-state index contributed by atoms with van der Waals surface area (Å²) < 4.78 is 11.2. The summed E-state index contributed by atoms with van der Waals surface area (Å²) in [7, 11) is 0. The van der Waals surface area contributed by atoms with E-state index in [-0.39, 0.29) is 0 Å². The molecule has 0 saturated heterocycles. The minimum atomic E-state index is 0.640. The molecule has 1 heterocycles. The van der Waals surface area contributed by atoms with Gasteiger partial charge in [0.25, 0.3) is 0 Å². The molecule has 0 amide bonds. The summed E-state index contributed by atoms with van der Waals surface area (Å²) in [5.41, 5.74) is 6.75. The van der Waals surface area contributed by atoms with Crippen LogP contribution in [0.2, 0.25) is 0 Å². The maximum absolute atomic E-state index is 5.63. The Hall–Kier alpha value is -2.00. The molecule has 0 atom stereocenters. The maximum atomic E-state index is 5.63. The molecule has 1 aliphatic heterocycles. The molecular formula is C20H25NO2. The van der Waals surface area contributed by atoms with Crippen LogP contribution < -0.4 is 14.8 Å². The van der Waals surface area contributed by atoms with Crippen molar-refractivity contribution < 1.29 is 9.47 Å². The number of rotatable bonds is 5. The van der Waals surface area contributed by atoms with Gasteiger partial charge < -0.3 is 14.8 Å². The SMILES string of the molecule is Cc1cc(C)c(CNCCc2ccc3c(c2)OCCO3)cc1C. The first-order valence-corrected chi connectivity index (χ1v) is 8.29. The minimum Gasteiger partial charge on any atom is -0.486 e. The Bertz CT molecular complexity index is 694. The fraction of sp³-hybridized carbons (Fsp3) is 0.400. The molecule has 2 aromatic rings. The van der Waals surface area contributed by atoms with Gasteiger partial charge in [-0.05, 0) is 73.7 Å². The summed E-state index contributed by atoms with van der Waals surface area (Å²) in [5, 5.41) is 3.55. The molecule has 0 aliphatic carbocycles. The van der Waals surface area contributed by atoms with Gasteiger partial charge in [-0.25, -0.2) is 0 Å². The van der Waals surface area contributed by atoms with Crippen molar-refractivity contribution in [3.63, 3.8) is 0 Å². The normalized spacial score (nSPS) is 13.2. The lowest BCUT2D eigenvalue weighted by Gasteiger charge is -2.19. The first-order valence-electron chi connectivity index (χ1n) is 8.29. The van der Waals surface area contributed by atoms with Crippen LogP contribution in [0.15, 0.2) is 30.3 Å². The molecule has 0 saturated carbocycles. The highest BCUT2D eigenvalue weighted by Crippen LogP contribution is 2.30. The average Bonchev–Trinajstić information content (AvgIpc) is 2.56. The number of nitrogens with one attached hydrogen (secondary N) is 1. The van der Waals surface area contributed by atoms with Crippen molar-refractivity contribution in [1.82, 2.24) is 5.32 Å². The van der Waals surface area contributed by atoms with Gasteiger partial charge in [-0.15, -0.1) is 0 Å². The Kier molecular flexibility index (Phi) is 4.87. The van der Waals surface area contributed by atoms with Crippen molar-refractivity contribution in [3.05, 3.63) is 58.1 Å². The molecule has 0 unspecified atom stereocenters. The number of aryl methyl sites for hydroxylation is 3. The third kappa shape index (κ3) is 3.85. The summed E-state index contributed by atoms with van der Waals surface area (Å²) in [6.07, 6.45) is 0.987. The Morgan fingerprint density at radius 1 is 0.870 bits per heavy atom. The number of fused-ring (bicyclic) bond motifs is 1. The third-order valence-electron chi connectivity index (χ3n) is 4.46. The zero-order valence-corrected chi connectivity index (χ0v) is 14.2. The molecule has 2 aromatic carbocycles. The molecule has 1 N–H and O–H groups in total. The number of hydrogen-bond donors (Lipinski definition) is 1. The van der Waals surface area contributed by atoms with Gasteiger partial charge in [0.15, 0.2) is 11.5 Å². The van der Waals surface area contributed by atoms with Crippen molar-refractivity contribution in [2.45, 2.75) is 33.7 Å². The molecule has 0 aromatic heterocycles. The van der Waals surface area contributed by atoms with Gasteiger partial charge in [0.2, 0.25) is 0 Å². The number of ether oxygens (including phenoxy) is 2. The van der Waals surface area contributed by atoms with Gasteiger partial charge in [-0.3, -0.25) is 0 Å². The van der Waals surface area contributed by atoms with Crippen LogP contribution in [-0.2, 0) is 13.0 Å². The molecule has 0 spiro atoms. The van der Waals surface area contributed by atoms with E-state index in [1.54, 1.807) is 0 Å². The van der Waals surface area contributed by atoms with Crippen LogP contribution in [-0.4, -0.2) is 19.8 Å². The van der Waals surface area contributed by atoms with Gasteiger partial charge in [0.1, 0.15) is 13.2 Å². The molecule has 0 bridgehead atoms. The van der Waals surface area contributed by atoms with E-state index in [1.165, 1.54) is 27.8 Å². The van der Waals surface area contributed by atoms with Gasteiger partial charge in [-0.2, -0.15) is 0 Å². The smallest absolute Gasteiger partial charge is 0.161 e. The van der Waals surface area contributed by atoms with E-state index in [9.17, 15) is 0 Å². The summed E-state index contributed by atoms with van der Waals surface area (Å²) in [6.45, 7) is 9.67. The van der Waals surface area contributed by atoms with Crippen LogP contribution in [0.4, 0.5) is 0 Å². The summed E-state index contributed by atoms with van der Waals surface area (Å²) >= 11 is 0. The number of hydrogen-bond acceptors (Lipinski definition) is 3. The van der Waals surface area contributed by atoms with Crippen molar-refractivity contribution in [2.24, 2.45) is 0 Å². The largest absolute Gasteiger partial charge is 0.486 e. The van der Waals surface area contributed by atoms with Crippen LogP contribution in [0.1, 0.15) is 27.8 Å². The highest BCUT2D eigenvalue weighted by Gasteiger charge is 2.11. The van der Waals surface area contributed by atoms with Crippen molar-refractivity contribution in [3.8, 4) is 11.5 Å². The standard InChI is InChI=1S/C20H25NO2/c1-14-10-16(3)18(11-15(14)2)13-21-7-6-17-4-5-19-20(12-17)23-9-8-22-19/h4-5,10-12,21H,6-9,13H2,1-3H3. The molecule has 122 valence electrons. The van der Waals surface area contributed by atoms with Crippen molar-refractivity contribution in [2.75, 3.05) is 19.8 Å². The third-order valence-corrected chi connectivity index (χ3v) is 4.46. The first kappa shape index (κ1) is 15.9. The molecule has 0 radical (unpaired) electrons. The summed E-state index contributed by atoms with van der Waals surface area (Å²) in [4.78, 5) is 0. The van der Waals surface area contributed by atoms with Crippen molar-refractivity contribution >= 4 is 0 Å². The fourth-order valence-electron chi connectivity index (χ4n) is 2.91. The molecule has 3 heteroatoms. The van der Waals surface area contributed by atoms with Crippen LogP contribution in [0.5, 0.6) is 11.5 Å². The van der Waals surface area contributed by atoms with Crippen LogP contribution >= 0.6 is 0 Å². The second-order valence-electron chi connectivity index (χ2n) is 6.27. The average molecular weight is 311 g/mol. The predicted octanol–water partition coefficient (Wildman–Crippen LogP) is 3.72. The summed E-state index contributed by atoms with van der Waals surface area (Å²) in [6, 6.07) is 10.8. The molecule has 3 nitrogen and oxygen atoms in total. The van der Waals surface area contributed by atoms with Gasteiger partial charge in [0, 0.05) is 6.54 Å². The Labute approximate surface area is 138 Å². The fourth-order valence-corrected chi connectivity index (χ4v) is 2.91. The van der Waals surface area contributed by atoms with E-state index < -0.39 is 0 Å². The molecule has 0 fully saturated rings. The van der Waals surface area contributed by atoms with Crippen LogP contribution in [0, 0.1) is 20.8 Å². The lowest BCUT2D eigenvalue weighted by Crippen LogP contribution is -2.18. The van der Waals surface area contributed by atoms with E-state index in [0.717, 1.165) is 31.0 Å². The molecular weight excluding hydrogens is 286 g/mol. The van der Waals surface area contributed by atoms with E-state index in [4.69, 9.17) is 9.47 Å². The van der Waals surface area contributed by atoms with Crippen molar-refractivity contribution in [1.29, 1.82) is 0 Å². The lowest BCUT2D eigenvalue weighted by atomic mass is 10.0. The quantitative estimate of drug-likeness (QED) is 0.854. The lowest BCUT2D eigenvalue weighted by molar-refractivity contribution is 0.171. The Morgan fingerprint density at radius 2 is 1.61 bits per heavy atom. The Balaban J connectivity index is 1.53. The number of benzene rings is 2. The first-order chi connectivity index (χ1) is 11.1. The van der Waals surface area contributed by atoms with Gasteiger partial charge >= 0.3 is 0 Å².